The summed E-state index contributed by atoms with van der Waals surface area (Å²) in [6, 6.07) is 48.4. The zero-order valence-corrected chi connectivity index (χ0v) is 49.3. The van der Waals surface area contributed by atoms with Crippen LogP contribution >= 0.6 is 0 Å². The second-order valence-electron chi connectivity index (χ2n) is 21.9. The van der Waals surface area contributed by atoms with Crippen molar-refractivity contribution >= 4 is 31.2 Å². The Kier molecular flexibility index (Phi) is 22.5. The van der Waals surface area contributed by atoms with E-state index in [1.807, 2.05) is 112 Å². The average molecular weight is 1090 g/mol. The molecule has 0 amide bonds. The van der Waals surface area contributed by atoms with Crippen LogP contribution in [0.1, 0.15) is 149 Å². The summed E-state index contributed by atoms with van der Waals surface area (Å²) in [5, 5.41) is 18.5. The summed E-state index contributed by atoms with van der Waals surface area (Å²) in [5.74, 6) is 1.06. The average Bonchev–Trinajstić information content (AvgIpc) is 3.42. The molecule has 0 radical (unpaired) electrons. The summed E-state index contributed by atoms with van der Waals surface area (Å²) >= 11 is 0. The highest BCUT2D eigenvalue weighted by atomic mass is 32.2. The van der Waals surface area contributed by atoms with E-state index in [2.05, 4.69) is 81.9 Å². The molecule has 0 unspecified atom stereocenters. The number of carbonyl (C=O) groups excluding carboxylic acids is 2. The molecule has 0 fully saturated rings. The van der Waals surface area contributed by atoms with Gasteiger partial charge in [-0.2, -0.15) is 0 Å². The molecular weight excluding hydrogens is 1010 g/mol. The number of aryl methyl sites for hydroxylation is 2. The lowest BCUT2D eigenvalue weighted by Gasteiger charge is -2.21. The minimum Gasteiger partial charge on any atom is -0.508 e. The van der Waals surface area contributed by atoms with Crippen molar-refractivity contribution in [2.75, 3.05) is 0 Å². The fourth-order valence-corrected chi connectivity index (χ4v) is 10.3. The molecule has 0 heterocycles. The topological polar surface area (TPSA) is 143 Å². The maximum Gasteiger partial charge on any atom is 0.206 e. The summed E-state index contributed by atoms with van der Waals surface area (Å²) < 4.78 is 49.7. The van der Waals surface area contributed by atoms with Crippen LogP contribution in [0.3, 0.4) is 0 Å². The van der Waals surface area contributed by atoms with E-state index in [-0.39, 0.29) is 43.7 Å². The Hall–Kier alpha value is -7.40. The first-order chi connectivity index (χ1) is 36.4. The SMILES string of the molecule is C=C(/C=C\C/C(=C\C)C(C)(C)C)C(=O)c1ccc(O)cc1.CC(C)(C)c1ccc(S(=O)(=O)c2ccc(O)cc2)cc1.Cc1ccc(C(=O)c2ccc(C(C)C)cc2)cc1.Cc1ccc(S(=O)(=O)c2ccc(C(C)C)cc2)cc1. The number of phenols is 2. The molecule has 0 atom stereocenters. The molecule has 7 aromatic carbocycles. The quantitative estimate of drug-likeness (QED) is 0.0503. The second-order valence-corrected chi connectivity index (χ2v) is 25.8. The van der Waals surface area contributed by atoms with Gasteiger partial charge in [0.15, 0.2) is 11.6 Å². The Bertz CT molecular complexity index is 3370. The third-order valence-electron chi connectivity index (χ3n) is 12.9. The van der Waals surface area contributed by atoms with Crippen LogP contribution < -0.4 is 0 Å². The monoisotopic (exact) mass is 1090 g/mol. The smallest absolute Gasteiger partial charge is 0.206 e. The highest BCUT2D eigenvalue weighted by Gasteiger charge is 2.21. The van der Waals surface area contributed by atoms with Gasteiger partial charge in [0, 0.05) is 22.3 Å². The minimum absolute atomic E-state index is 0.0131. The molecule has 0 aliphatic rings. The Labute approximate surface area is 465 Å². The summed E-state index contributed by atoms with van der Waals surface area (Å²) in [6.45, 7) is 31.0. The number of rotatable bonds is 13. The number of benzene rings is 7. The van der Waals surface area contributed by atoms with Gasteiger partial charge in [0.1, 0.15) is 11.5 Å². The number of aromatic hydroxyl groups is 2. The standard InChI is InChI=1S/C19H24O2.C17H18O.C16H18O3S.C16H18O2S/c1-6-16(19(3,4)5)9-7-8-14(2)18(21)15-10-12-17(20)13-11-15;1-12(2)14-8-10-16(11-9-14)17(18)15-6-4-13(3)5-7-15;1-16(2,3)12-4-8-14(9-5-12)20(18,19)15-10-6-13(17)7-11-15;1-12(2)14-6-10-16(11-7-14)19(17,18)15-8-4-13(3)5-9-15/h6-8,10-13,20H,2,9H2,1,3-5H3;4-12H,1-3H3;4-11,17H,1-3H3;4-12H,1-3H3/b8-7-,16-6+;;;. The molecule has 0 aromatic heterocycles. The zero-order chi connectivity index (χ0) is 58.2. The van der Waals surface area contributed by atoms with Crippen LogP contribution in [-0.2, 0) is 25.1 Å². The molecule has 10 heteroatoms. The highest BCUT2D eigenvalue weighted by molar-refractivity contribution is 7.91. The van der Waals surface area contributed by atoms with Gasteiger partial charge in [0.25, 0.3) is 0 Å². The fraction of sp³-hybridized carbons (Fsp3) is 0.265. The van der Waals surface area contributed by atoms with Crippen LogP contribution in [0.4, 0.5) is 0 Å². The zero-order valence-electron chi connectivity index (χ0n) is 47.6. The van der Waals surface area contributed by atoms with Crippen molar-refractivity contribution in [1.82, 2.24) is 0 Å². The van der Waals surface area contributed by atoms with E-state index in [1.165, 1.54) is 53.1 Å². The number of ketones is 2. The van der Waals surface area contributed by atoms with Crippen LogP contribution in [0, 0.1) is 19.3 Å². The Balaban J connectivity index is 0.000000225. The molecule has 2 N–H and O–H groups in total. The summed E-state index contributed by atoms with van der Waals surface area (Å²) in [5.41, 5.74) is 9.62. The normalized spacial score (nSPS) is 11.9. The van der Waals surface area contributed by atoms with Gasteiger partial charge in [-0.15, -0.1) is 0 Å². The number of phenolic OH excluding ortho intramolecular Hbond substituents is 2. The molecule has 0 aliphatic heterocycles. The molecule has 0 saturated heterocycles. The second kappa shape index (κ2) is 27.8. The fourth-order valence-electron chi connectivity index (χ4n) is 7.73. The molecule has 0 aliphatic carbocycles. The minimum atomic E-state index is -3.53. The van der Waals surface area contributed by atoms with Gasteiger partial charge >= 0.3 is 0 Å². The van der Waals surface area contributed by atoms with Gasteiger partial charge in [-0.1, -0.05) is 196 Å². The molecule has 410 valence electrons. The number of carbonyl (C=O) groups is 2. The number of Topliss-reactive ketones (excluding diaryl/α,β-unsaturated/α-hetero) is 1. The van der Waals surface area contributed by atoms with Crippen molar-refractivity contribution in [2.24, 2.45) is 5.41 Å². The van der Waals surface area contributed by atoms with Crippen molar-refractivity contribution in [3.8, 4) is 11.5 Å². The van der Waals surface area contributed by atoms with Crippen LogP contribution in [-0.4, -0.2) is 38.6 Å². The van der Waals surface area contributed by atoms with E-state index in [1.54, 1.807) is 54.6 Å². The lowest BCUT2D eigenvalue weighted by molar-refractivity contribution is 0.103. The van der Waals surface area contributed by atoms with Gasteiger partial charge in [0.05, 0.1) is 19.6 Å². The van der Waals surface area contributed by atoms with Crippen LogP contribution in [0.15, 0.2) is 225 Å². The lowest BCUT2D eigenvalue weighted by Crippen LogP contribution is -2.11. The van der Waals surface area contributed by atoms with E-state index < -0.39 is 19.7 Å². The number of hydrogen-bond donors (Lipinski definition) is 2. The predicted octanol–water partition coefficient (Wildman–Crippen LogP) is 16.9. The van der Waals surface area contributed by atoms with Gasteiger partial charge in [0.2, 0.25) is 19.7 Å². The molecule has 8 nitrogen and oxygen atoms in total. The number of sulfone groups is 2. The highest BCUT2D eigenvalue weighted by Crippen LogP contribution is 2.30. The van der Waals surface area contributed by atoms with E-state index >= 15 is 0 Å². The van der Waals surface area contributed by atoms with E-state index in [0.29, 0.717) is 32.8 Å². The Morgan fingerprint density at radius 2 is 0.821 bits per heavy atom. The molecule has 78 heavy (non-hydrogen) atoms. The number of hydrogen-bond acceptors (Lipinski definition) is 8. The molecule has 0 bridgehead atoms. The van der Waals surface area contributed by atoms with Crippen molar-refractivity contribution in [3.05, 3.63) is 250 Å². The molecule has 7 aromatic rings. The first-order valence-electron chi connectivity index (χ1n) is 26.1. The predicted molar refractivity (Wildman–Crippen MR) is 320 cm³/mol. The third-order valence-corrected chi connectivity index (χ3v) is 16.5. The maximum absolute atomic E-state index is 12.4. The summed E-state index contributed by atoms with van der Waals surface area (Å²) in [4.78, 5) is 25.5. The van der Waals surface area contributed by atoms with E-state index in [9.17, 15) is 36.6 Å². The van der Waals surface area contributed by atoms with E-state index in [0.717, 1.165) is 34.2 Å². The molecular formula is C68H78O8S2. The summed E-state index contributed by atoms with van der Waals surface area (Å²) in [6.07, 6.45) is 6.67. The first-order valence-corrected chi connectivity index (χ1v) is 29.0. The van der Waals surface area contributed by atoms with Crippen molar-refractivity contribution in [2.45, 2.75) is 133 Å². The Morgan fingerprint density at radius 3 is 1.19 bits per heavy atom. The lowest BCUT2D eigenvalue weighted by atomic mass is 9.84. The molecule has 0 spiro atoms. The summed E-state index contributed by atoms with van der Waals surface area (Å²) in [7, 11) is -6.93. The van der Waals surface area contributed by atoms with Crippen LogP contribution in [0.2, 0.25) is 0 Å². The van der Waals surface area contributed by atoms with Crippen molar-refractivity contribution in [1.29, 1.82) is 0 Å². The third kappa shape index (κ3) is 18.4. The van der Waals surface area contributed by atoms with Crippen LogP contribution in [0.5, 0.6) is 11.5 Å². The largest absolute Gasteiger partial charge is 0.508 e. The van der Waals surface area contributed by atoms with Gasteiger partial charge in [-0.3, -0.25) is 9.59 Å². The molecule has 7 rings (SSSR count). The van der Waals surface area contributed by atoms with Gasteiger partial charge in [-0.25, -0.2) is 16.8 Å². The van der Waals surface area contributed by atoms with Gasteiger partial charge < -0.3 is 10.2 Å². The van der Waals surface area contributed by atoms with E-state index in [4.69, 9.17) is 0 Å². The maximum atomic E-state index is 12.4. The molecule has 0 saturated carbocycles. The van der Waals surface area contributed by atoms with Gasteiger partial charge in [-0.05, 0) is 151 Å². The van der Waals surface area contributed by atoms with Crippen molar-refractivity contribution in [3.63, 3.8) is 0 Å². The Morgan fingerprint density at radius 1 is 0.500 bits per heavy atom. The number of allylic oxidation sites excluding steroid dienone is 5. The van der Waals surface area contributed by atoms with Crippen molar-refractivity contribution < 1.29 is 36.6 Å². The van der Waals surface area contributed by atoms with Crippen LogP contribution in [0.25, 0.3) is 0 Å². The first kappa shape index (κ1) is 63.1.